The van der Waals surface area contributed by atoms with Gasteiger partial charge in [0.1, 0.15) is 5.54 Å². The fourth-order valence-corrected chi connectivity index (χ4v) is 2.81. The molecule has 2 rings (SSSR count). The Labute approximate surface area is 120 Å². The largest absolute Gasteiger partial charge is 0.480 e. The Hall–Kier alpha value is -1.55. The molecule has 1 fully saturated rings. The molecular formula is C16H24N2O2. The zero-order chi connectivity index (χ0) is 14.8. The number of piperidine rings is 1. The molecule has 1 aliphatic heterocycles. The van der Waals surface area contributed by atoms with Crippen molar-refractivity contribution in [2.75, 3.05) is 18.4 Å². The van der Waals surface area contributed by atoms with E-state index in [-0.39, 0.29) is 0 Å². The van der Waals surface area contributed by atoms with Crippen LogP contribution in [0, 0.1) is 6.92 Å². The predicted molar refractivity (Wildman–Crippen MR) is 81.1 cm³/mol. The molecule has 0 aromatic heterocycles. The van der Waals surface area contributed by atoms with Gasteiger partial charge in [-0.2, -0.15) is 0 Å². The summed E-state index contributed by atoms with van der Waals surface area (Å²) in [6.45, 7) is 7.97. The van der Waals surface area contributed by atoms with Crippen LogP contribution in [0.25, 0.3) is 0 Å². The first kappa shape index (κ1) is 14.9. The number of anilines is 1. The van der Waals surface area contributed by atoms with Gasteiger partial charge < -0.3 is 15.3 Å². The molecule has 0 aliphatic carbocycles. The second-order valence-electron chi connectivity index (χ2n) is 6.01. The van der Waals surface area contributed by atoms with Crippen molar-refractivity contribution in [3.8, 4) is 0 Å². The second kappa shape index (κ2) is 5.83. The number of carbonyl (C=O) groups is 1. The quantitative estimate of drug-likeness (QED) is 0.888. The molecule has 4 nitrogen and oxygen atoms in total. The lowest BCUT2D eigenvalue weighted by molar-refractivity contribution is -0.144. The Bertz CT molecular complexity index is 477. The van der Waals surface area contributed by atoms with Crippen LogP contribution in [0.5, 0.6) is 0 Å². The number of aliphatic carboxylic acids is 1. The lowest BCUT2D eigenvalue weighted by atomic mass is 9.86. The summed E-state index contributed by atoms with van der Waals surface area (Å²) in [6, 6.07) is 8.38. The van der Waals surface area contributed by atoms with Crippen molar-refractivity contribution >= 4 is 11.7 Å². The van der Waals surface area contributed by atoms with Crippen LogP contribution in [0.2, 0.25) is 0 Å². The number of aryl methyl sites for hydroxylation is 1. The fourth-order valence-electron chi connectivity index (χ4n) is 2.81. The maximum absolute atomic E-state index is 11.8. The van der Waals surface area contributed by atoms with Gasteiger partial charge in [-0.05, 0) is 51.3 Å². The van der Waals surface area contributed by atoms with Crippen molar-refractivity contribution in [3.63, 3.8) is 0 Å². The molecule has 110 valence electrons. The third-order valence-corrected chi connectivity index (χ3v) is 4.19. The number of benzene rings is 1. The highest BCUT2D eigenvalue weighted by Crippen LogP contribution is 2.28. The SMILES string of the molecule is Cc1cccc(NC2(C(=O)O)CCN(C(C)C)CC2)c1. The molecule has 4 heteroatoms. The van der Waals surface area contributed by atoms with Crippen molar-refractivity contribution in [2.24, 2.45) is 0 Å². The summed E-state index contributed by atoms with van der Waals surface area (Å²) in [5.41, 5.74) is 1.19. The van der Waals surface area contributed by atoms with E-state index in [1.807, 2.05) is 31.2 Å². The van der Waals surface area contributed by atoms with Gasteiger partial charge in [0, 0.05) is 24.8 Å². The van der Waals surface area contributed by atoms with Crippen LogP contribution < -0.4 is 5.32 Å². The normalized spacial score (nSPS) is 19.0. The summed E-state index contributed by atoms with van der Waals surface area (Å²) in [6.07, 6.45) is 1.27. The van der Waals surface area contributed by atoms with E-state index in [2.05, 4.69) is 24.1 Å². The van der Waals surface area contributed by atoms with E-state index in [9.17, 15) is 9.90 Å². The van der Waals surface area contributed by atoms with E-state index < -0.39 is 11.5 Å². The molecule has 1 aromatic rings. The Morgan fingerprint density at radius 2 is 2.00 bits per heavy atom. The average molecular weight is 276 g/mol. The van der Waals surface area contributed by atoms with Crippen molar-refractivity contribution in [2.45, 2.75) is 45.2 Å². The van der Waals surface area contributed by atoms with Crippen LogP contribution in [0.3, 0.4) is 0 Å². The zero-order valence-corrected chi connectivity index (χ0v) is 12.5. The minimum Gasteiger partial charge on any atom is -0.480 e. The number of rotatable bonds is 4. The van der Waals surface area contributed by atoms with Crippen molar-refractivity contribution in [1.82, 2.24) is 4.90 Å². The maximum atomic E-state index is 11.8. The second-order valence-corrected chi connectivity index (χ2v) is 6.01. The summed E-state index contributed by atoms with van der Waals surface area (Å²) in [5.74, 6) is -0.748. The minimum absolute atomic E-state index is 0.473. The maximum Gasteiger partial charge on any atom is 0.329 e. The molecule has 0 atom stereocenters. The Kier molecular flexibility index (Phi) is 4.33. The van der Waals surface area contributed by atoms with Crippen molar-refractivity contribution in [1.29, 1.82) is 0 Å². The van der Waals surface area contributed by atoms with Crippen LogP contribution in [-0.2, 0) is 4.79 Å². The van der Waals surface area contributed by atoms with E-state index in [1.165, 1.54) is 0 Å². The molecule has 1 aromatic carbocycles. The van der Waals surface area contributed by atoms with Gasteiger partial charge in [-0.15, -0.1) is 0 Å². The first-order valence-electron chi connectivity index (χ1n) is 7.25. The number of carboxylic acids is 1. The number of carboxylic acid groups (broad SMARTS) is 1. The van der Waals surface area contributed by atoms with Gasteiger partial charge >= 0.3 is 5.97 Å². The molecule has 0 unspecified atom stereocenters. The van der Waals surface area contributed by atoms with Crippen LogP contribution in [0.1, 0.15) is 32.3 Å². The first-order chi connectivity index (χ1) is 9.43. The van der Waals surface area contributed by atoms with Gasteiger partial charge in [0.05, 0.1) is 0 Å². The molecule has 0 saturated carbocycles. The van der Waals surface area contributed by atoms with Crippen LogP contribution in [0.15, 0.2) is 24.3 Å². The lowest BCUT2D eigenvalue weighted by Gasteiger charge is -2.41. The molecule has 1 saturated heterocycles. The average Bonchev–Trinajstić information content (AvgIpc) is 2.39. The summed E-state index contributed by atoms with van der Waals surface area (Å²) in [4.78, 5) is 14.1. The Morgan fingerprint density at radius 1 is 1.35 bits per heavy atom. The molecule has 0 bridgehead atoms. The van der Waals surface area contributed by atoms with Gasteiger partial charge in [-0.1, -0.05) is 12.1 Å². The van der Waals surface area contributed by atoms with E-state index in [4.69, 9.17) is 0 Å². The predicted octanol–water partition coefficient (Wildman–Crippen LogP) is 2.73. The van der Waals surface area contributed by atoms with Gasteiger partial charge in [0.2, 0.25) is 0 Å². The minimum atomic E-state index is -0.834. The summed E-state index contributed by atoms with van der Waals surface area (Å²) < 4.78 is 0. The van der Waals surface area contributed by atoms with E-state index in [0.717, 1.165) is 24.3 Å². The standard InChI is InChI=1S/C16H24N2O2/c1-12(2)18-9-7-16(8-10-18,15(19)20)17-14-6-4-5-13(3)11-14/h4-6,11-12,17H,7-10H2,1-3H3,(H,19,20). The highest BCUT2D eigenvalue weighted by Gasteiger charge is 2.41. The molecule has 1 aliphatic rings. The summed E-state index contributed by atoms with van der Waals surface area (Å²) in [5, 5.41) is 12.9. The number of likely N-dealkylation sites (tertiary alicyclic amines) is 1. The third-order valence-electron chi connectivity index (χ3n) is 4.19. The fraction of sp³-hybridized carbons (Fsp3) is 0.562. The lowest BCUT2D eigenvalue weighted by Crippen LogP contribution is -2.55. The number of nitrogens with one attached hydrogen (secondary N) is 1. The monoisotopic (exact) mass is 276 g/mol. The van der Waals surface area contributed by atoms with Crippen LogP contribution in [0.4, 0.5) is 5.69 Å². The molecule has 20 heavy (non-hydrogen) atoms. The molecule has 2 N–H and O–H groups in total. The zero-order valence-electron chi connectivity index (χ0n) is 12.5. The van der Waals surface area contributed by atoms with Crippen molar-refractivity contribution < 1.29 is 9.90 Å². The Morgan fingerprint density at radius 3 is 2.50 bits per heavy atom. The van der Waals surface area contributed by atoms with E-state index in [1.54, 1.807) is 0 Å². The molecule has 0 amide bonds. The highest BCUT2D eigenvalue weighted by atomic mass is 16.4. The number of nitrogens with zero attached hydrogens (tertiary/aromatic N) is 1. The number of hydrogen-bond donors (Lipinski definition) is 2. The molecule has 0 spiro atoms. The topological polar surface area (TPSA) is 52.6 Å². The highest BCUT2D eigenvalue weighted by molar-refractivity contribution is 5.83. The van der Waals surface area contributed by atoms with E-state index >= 15 is 0 Å². The number of hydrogen-bond acceptors (Lipinski definition) is 3. The molecular weight excluding hydrogens is 252 g/mol. The van der Waals surface area contributed by atoms with E-state index in [0.29, 0.717) is 18.9 Å². The molecule has 0 radical (unpaired) electrons. The van der Waals surface area contributed by atoms with Crippen LogP contribution >= 0.6 is 0 Å². The summed E-state index contributed by atoms with van der Waals surface area (Å²) in [7, 11) is 0. The first-order valence-corrected chi connectivity index (χ1v) is 7.25. The van der Waals surface area contributed by atoms with Crippen LogP contribution in [-0.4, -0.2) is 40.6 Å². The molecule has 1 heterocycles. The van der Waals surface area contributed by atoms with Gasteiger partial charge in [0.15, 0.2) is 0 Å². The van der Waals surface area contributed by atoms with Gasteiger partial charge in [-0.25, -0.2) is 4.79 Å². The van der Waals surface area contributed by atoms with Gasteiger partial charge in [0.25, 0.3) is 0 Å². The Balaban J connectivity index is 2.14. The van der Waals surface area contributed by atoms with Gasteiger partial charge in [-0.3, -0.25) is 0 Å². The van der Waals surface area contributed by atoms with Crippen molar-refractivity contribution in [3.05, 3.63) is 29.8 Å². The summed E-state index contributed by atoms with van der Waals surface area (Å²) >= 11 is 0. The smallest absolute Gasteiger partial charge is 0.329 e. The third kappa shape index (κ3) is 3.12.